The van der Waals surface area contributed by atoms with Gasteiger partial charge in [0.1, 0.15) is 5.75 Å². The van der Waals surface area contributed by atoms with Crippen molar-refractivity contribution in [3.63, 3.8) is 0 Å². The molecule has 2 unspecified atom stereocenters. The molecule has 1 fully saturated rings. The van der Waals surface area contributed by atoms with E-state index in [-0.39, 0.29) is 0 Å². The molecule has 0 bridgehead atoms. The monoisotopic (exact) mass is 276 g/mol. The molecule has 0 amide bonds. The fraction of sp³-hybridized carbons (Fsp3) is 0.647. The summed E-state index contributed by atoms with van der Waals surface area (Å²) in [4.78, 5) is 2.54. The molecule has 3 heteroatoms. The minimum Gasteiger partial charge on any atom is -0.508 e. The van der Waals surface area contributed by atoms with Crippen LogP contribution < -0.4 is 5.32 Å². The molecular weight excluding hydrogens is 248 g/mol. The van der Waals surface area contributed by atoms with Crippen molar-refractivity contribution in [3.8, 4) is 5.75 Å². The summed E-state index contributed by atoms with van der Waals surface area (Å²) in [5.41, 5.74) is 1.30. The number of aryl methyl sites for hydroxylation is 1. The lowest BCUT2D eigenvalue weighted by molar-refractivity contribution is 0.190. The van der Waals surface area contributed by atoms with E-state index in [2.05, 4.69) is 24.1 Å². The number of hydrogen-bond acceptors (Lipinski definition) is 3. The predicted octanol–water partition coefficient (Wildman–Crippen LogP) is 2.79. The van der Waals surface area contributed by atoms with Crippen LogP contribution in [0, 0.1) is 0 Å². The lowest BCUT2D eigenvalue weighted by atomic mass is 10.0. The highest BCUT2D eigenvalue weighted by molar-refractivity contribution is 5.25. The largest absolute Gasteiger partial charge is 0.508 e. The third kappa shape index (κ3) is 4.80. The molecule has 112 valence electrons. The van der Waals surface area contributed by atoms with E-state index in [9.17, 15) is 5.11 Å². The summed E-state index contributed by atoms with van der Waals surface area (Å²) in [7, 11) is 0. The van der Waals surface area contributed by atoms with Crippen molar-refractivity contribution >= 4 is 0 Å². The summed E-state index contributed by atoms with van der Waals surface area (Å²) in [6.45, 7) is 8.15. The van der Waals surface area contributed by atoms with Crippen LogP contribution in [0.4, 0.5) is 0 Å². The van der Waals surface area contributed by atoms with E-state index in [0.29, 0.717) is 17.8 Å². The van der Waals surface area contributed by atoms with E-state index in [1.165, 1.54) is 38.0 Å². The van der Waals surface area contributed by atoms with Crippen LogP contribution in [-0.4, -0.2) is 41.7 Å². The molecule has 0 saturated carbocycles. The average Bonchev–Trinajstić information content (AvgIpc) is 2.47. The minimum absolute atomic E-state index is 0.349. The minimum atomic E-state index is 0.349. The van der Waals surface area contributed by atoms with Crippen LogP contribution in [0.15, 0.2) is 24.3 Å². The average molecular weight is 276 g/mol. The second kappa shape index (κ2) is 7.65. The van der Waals surface area contributed by atoms with Gasteiger partial charge >= 0.3 is 0 Å². The van der Waals surface area contributed by atoms with Gasteiger partial charge in [-0.15, -0.1) is 0 Å². The Morgan fingerprint density at radius 3 is 2.80 bits per heavy atom. The van der Waals surface area contributed by atoms with E-state index in [1.54, 1.807) is 12.1 Å². The van der Waals surface area contributed by atoms with Gasteiger partial charge in [0.05, 0.1) is 0 Å². The van der Waals surface area contributed by atoms with Crippen LogP contribution in [0.25, 0.3) is 0 Å². The van der Waals surface area contributed by atoms with Gasteiger partial charge in [-0.1, -0.05) is 19.1 Å². The molecule has 1 aliphatic heterocycles. The van der Waals surface area contributed by atoms with Gasteiger partial charge in [-0.2, -0.15) is 0 Å². The van der Waals surface area contributed by atoms with Gasteiger partial charge in [0.2, 0.25) is 0 Å². The van der Waals surface area contributed by atoms with Gasteiger partial charge in [-0.25, -0.2) is 0 Å². The normalized spacial score (nSPS) is 21.8. The Labute approximate surface area is 123 Å². The SMILES string of the molecule is CCN1CCCC(NC(C)CCc2ccc(O)cc2)C1. The summed E-state index contributed by atoms with van der Waals surface area (Å²) < 4.78 is 0. The summed E-state index contributed by atoms with van der Waals surface area (Å²) >= 11 is 0. The highest BCUT2D eigenvalue weighted by Gasteiger charge is 2.19. The Kier molecular flexibility index (Phi) is 5.86. The number of nitrogens with one attached hydrogen (secondary N) is 1. The van der Waals surface area contributed by atoms with E-state index in [4.69, 9.17) is 0 Å². The molecule has 0 aliphatic carbocycles. The first-order valence-electron chi connectivity index (χ1n) is 7.93. The topological polar surface area (TPSA) is 35.5 Å². The molecule has 20 heavy (non-hydrogen) atoms. The summed E-state index contributed by atoms with van der Waals surface area (Å²) in [5, 5.41) is 13.1. The highest BCUT2D eigenvalue weighted by atomic mass is 16.3. The Morgan fingerprint density at radius 2 is 2.10 bits per heavy atom. The summed E-state index contributed by atoms with van der Waals surface area (Å²) in [6.07, 6.45) is 4.84. The van der Waals surface area contributed by atoms with Gasteiger partial charge in [-0.3, -0.25) is 0 Å². The second-order valence-corrected chi connectivity index (χ2v) is 6.01. The number of rotatable bonds is 6. The lowest BCUT2D eigenvalue weighted by Gasteiger charge is -2.34. The van der Waals surface area contributed by atoms with Gasteiger partial charge in [0.25, 0.3) is 0 Å². The van der Waals surface area contributed by atoms with Gasteiger partial charge in [0, 0.05) is 18.6 Å². The van der Waals surface area contributed by atoms with E-state index < -0.39 is 0 Å². The maximum Gasteiger partial charge on any atom is 0.115 e. The van der Waals surface area contributed by atoms with Crippen molar-refractivity contribution in [2.45, 2.75) is 51.6 Å². The first-order chi connectivity index (χ1) is 9.67. The standard InChI is InChI=1S/C17H28N2O/c1-3-19-12-4-5-16(13-19)18-14(2)6-7-15-8-10-17(20)11-9-15/h8-11,14,16,18,20H,3-7,12-13H2,1-2H3. The third-order valence-electron chi connectivity index (χ3n) is 4.28. The Balaban J connectivity index is 1.72. The molecule has 2 atom stereocenters. The maximum atomic E-state index is 9.28. The van der Waals surface area contributed by atoms with E-state index in [0.717, 1.165) is 12.8 Å². The van der Waals surface area contributed by atoms with Crippen molar-refractivity contribution in [3.05, 3.63) is 29.8 Å². The number of piperidine rings is 1. The van der Waals surface area contributed by atoms with Gasteiger partial charge < -0.3 is 15.3 Å². The van der Waals surface area contributed by atoms with Crippen LogP contribution in [0.5, 0.6) is 5.75 Å². The molecule has 0 spiro atoms. The summed E-state index contributed by atoms with van der Waals surface area (Å²) in [5.74, 6) is 0.349. The van der Waals surface area contributed by atoms with Crippen molar-refractivity contribution in [1.82, 2.24) is 10.2 Å². The quantitative estimate of drug-likeness (QED) is 0.838. The number of likely N-dealkylation sites (N-methyl/N-ethyl adjacent to an activating group) is 1. The number of likely N-dealkylation sites (tertiary alicyclic amines) is 1. The van der Waals surface area contributed by atoms with Crippen molar-refractivity contribution in [2.75, 3.05) is 19.6 Å². The molecule has 1 saturated heterocycles. The molecule has 2 N–H and O–H groups in total. The van der Waals surface area contributed by atoms with Crippen molar-refractivity contribution in [2.24, 2.45) is 0 Å². The number of nitrogens with zero attached hydrogens (tertiary/aromatic N) is 1. The zero-order valence-corrected chi connectivity index (χ0v) is 12.8. The zero-order chi connectivity index (χ0) is 14.4. The Hall–Kier alpha value is -1.06. The van der Waals surface area contributed by atoms with Crippen LogP contribution in [0.2, 0.25) is 0 Å². The summed E-state index contributed by atoms with van der Waals surface area (Å²) in [6, 6.07) is 8.77. The van der Waals surface area contributed by atoms with Crippen LogP contribution >= 0.6 is 0 Å². The Bertz CT molecular complexity index is 390. The van der Waals surface area contributed by atoms with Crippen molar-refractivity contribution < 1.29 is 5.11 Å². The van der Waals surface area contributed by atoms with Crippen LogP contribution in [0.1, 0.15) is 38.7 Å². The van der Waals surface area contributed by atoms with Gasteiger partial charge in [0.15, 0.2) is 0 Å². The van der Waals surface area contributed by atoms with E-state index in [1.807, 2.05) is 12.1 Å². The fourth-order valence-electron chi connectivity index (χ4n) is 3.01. The Morgan fingerprint density at radius 1 is 1.35 bits per heavy atom. The molecule has 1 aromatic rings. The molecule has 1 heterocycles. The molecule has 2 rings (SSSR count). The lowest BCUT2D eigenvalue weighted by Crippen LogP contribution is -2.48. The number of aromatic hydroxyl groups is 1. The molecule has 1 aliphatic rings. The first kappa shape index (κ1) is 15.3. The molecule has 3 nitrogen and oxygen atoms in total. The molecule has 0 radical (unpaired) electrons. The maximum absolute atomic E-state index is 9.28. The molecule has 1 aromatic carbocycles. The smallest absolute Gasteiger partial charge is 0.115 e. The second-order valence-electron chi connectivity index (χ2n) is 6.01. The molecular formula is C17H28N2O. The zero-order valence-electron chi connectivity index (χ0n) is 12.8. The third-order valence-corrected chi connectivity index (χ3v) is 4.28. The van der Waals surface area contributed by atoms with Gasteiger partial charge in [-0.05, 0) is 63.4 Å². The van der Waals surface area contributed by atoms with Crippen LogP contribution in [0.3, 0.4) is 0 Å². The fourth-order valence-corrected chi connectivity index (χ4v) is 3.01. The first-order valence-corrected chi connectivity index (χ1v) is 7.93. The molecule has 0 aromatic heterocycles. The predicted molar refractivity (Wildman–Crippen MR) is 84.2 cm³/mol. The van der Waals surface area contributed by atoms with Crippen LogP contribution in [-0.2, 0) is 6.42 Å². The number of benzene rings is 1. The van der Waals surface area contributed by atoms with E-state index >= 15 is 0 Å². The number of phenols is 1. The highest BCUT2D eigenvalue weighted by Crippen LogP contribution is 2.14. The van der Waals surface area contributed by atoms with Crippen molar-refractivity contribution in [1.29, 1.82) is 0 Å². The number of phenolic OH excluding ortho intramolecular Hbond substituents is 1. The number of hydrogen-bond donors (Lipinski definition) is 2.